The summed E-state index contributed by atoms with van der Waals surface area (Å²) >= 11 is 0. The van der Waals surface area contributed by atoms with Gasteiger partial charge in [0.15, 0.2) is 5.76 Å². The van der Waals surface area contributed by atoms with Crippen molar-refractivity contribution in [2.75, 3.05) is 39.3 Å². The second-order valence-corrected chi connectivity index (χ2v) is 6.06. The van der Waals surface area contributed by atoms with E-state index in [0.29, 0.717) is 5.76 Å². The summed E-state index contributed by atoms with van der Waals surface area (Å²) in [5, 5.41) is 9.06. The van der Waals surface area contributed by atoms with Crippen molar-refractivity contribution in [1.29, 1.82) is 0 Å². The standard InChI is InChI=1S/C15H22N2O3/c18-9-8-16-7-5-15(11-16)4-2-6-17(12-15)14(19)13-3-1-10-20-13/h1,3,10,18H,2,4-9,11-12H2/t15-/m0/s1. The summed E-state index contributed by atoms with van der Waals surface area (Å²) in [6, 6.07) is 3.49. The number of carbonyl (C=O) groups excluding carboxylic acids is 1. The monoisotopic (exact) mass is 278 g/mol. The lowest BCUT2D eigenvalue weighted by atomic mass is 9.79. The van der Waals surface area contributed by atoms with E-state index < -0.39 is 0 Å². The minimum Gasteiger partial charge on any atom is -0.459 e. The smallest absolute Gasteiger partial charge is 0.289 e. The number of aliphatic hydroxyl groups excluding tert-OH is 1. The highest BCUT2D eigenvalue weighted by molar-refractivity contribution is 5.91. The number of carbonyl (C=O) groups is 1. The minimum atomic E-state index is 0.00897. The Labute approximate surface area is 119 Å². The van der Waals surface area contributed by atoms with Crippen LogP contribution in [0.3, 0.4) is 0 Å². The predicted octanol–water partition coefficient (Wildman–Crippen LogP) is 1.20. The molecule has 1 amide bonds. The molecule has 5 nitrogen and oxygen atoms in total. The van der Waals surface area contributed by atoms with E-state index in [-0.39, 0.29) is 17.9 Å². The molecule has 3 heterocycles. The van der Waals surface area contributed by atoms with Crippen LogP contribution in [0.1, 0.15) is 29.8 Å². The van der Waals surface area contributed by atoms with Crippen molar-refractivity contribution >= 4 is 5.91 Å². The Morgan fingerprint density at radius 3 is 3.00 bits per heavy atom. The fraction of sp³-hybridized carbons (Fsp3) is 0.667. The number of hydrogen-bond donors (Lipinski definition) is 1. The maximum Gasteiger partial charge on any atom is 0.289 e. The fourth-order valence-corrected chi connectivity index (χ4v) is 3.63. The van der Waals surface area contributed by atoms with Crippen LogP contribution in [0.15, 0.2) is 22.8 Å². The lowest BCUT2D eigenvalue weighted by Crippen LogP contribution is -2.47. The average molecular weight is 278 g/mol. The highest BCUT2D eigenvalue weighted by atomic mass is 16.3. The Morgan fingerprint density at radius 2 is 2.25 bits per heavy atom. The zero-order valence-corrected chi connectivity index (χ0v) is 11.8. The Bertz CT molecular complexity index is 460. The molecule has 0 aromatic carbocycles. The Hall–Kier alpha value is -1.33. The highest BCUT2D eigenvalue weighted by Crippen LogP contribution is 2.39. The van der Waals surface area contributed by atoms with E-state index in [1.807, 2.05) is 4.90 Å². The molecule has 0 saturated carbocycles. The zero-order chi connectivity index (χ0) is 14.0. The van der Waals surface area contributed by atoms with E-state index in [2.05, 4.69) is 4.90 Å². The summed E-state index contributed by atoms with van der Waals surface area (Å²) in [7, 11) is 0. The number of β-amino-alcohol motifs (C(OH)–C–C–N with tert-alkyl or cyclic N) is 1. The van der Waals surface area contributed by atoms with Gasteiger partial charge in [-0.3, -0.25) is 4.79 Å². The first-order valence-corrected chi connectivity index (χ1v) is 7.38. The summed E-state index contributed by atoms with van der Waals surface area (Å²) in [5.41, 5.74) is 0.218. The number of nitrogens with zero attached hydrogens (tertiary/aromatic N) is 2. The molecule has 1 N–H and O–H groups in total. The summed E-state index contributed by atoms with van der Waals surface area (Å²) in [5.74, 6) is 0.446. The molecule has 110 valence electrons. The lowest BCUT2D eigenvalue weighted by Gasteiger charge is -2.40. The van der Waals surface area contributed by atoms with Crippen LogP contribution < -0.4 is 0 Å². The maximum atomic E-state index is 12.4. The van der Waals surface area contributed by atoms with Crippen molar-refractivity contribution in [2.24, 2.45) is 5.41 Å². The molecule has 3 rings (SSSR count). The first-order valence-electron chi connectivity index (χ1n) is 7.38. The number of hydrogen-bond acceptors (Lipinski definition) is 4. The lowest BCUT2D eigenvalue weighted by molar-refractivity contribution is 0.0495. The van der Waals surface area contributed by atoms with Crippen LogP contribution in [0, 0.1) is 5.41 Å². The molecule has 0 bridgehead atoms. The molecule has 2 saturated heterocycles. The van der Waals surface area contributed by atoms with Gasteiger partial charge < -0.3 is 19.3 Å². The molecular weight excluding hydrogens is 256 g/mol. The molecule has 20 heavy (non-hydrogen) atoms. The predicted molar refractivity (Wildman–Crippen MR) is 74.4 cm³/mol. The van der Waals surface area contributed by atoms with Crippen LogP contribution in [0.2, 0.25) is 0 Å². The van der Waals surface area contributed by atoms with Crippen LogP contribution in [-0.4, -0.2) is 60.1 Å². The molecule has 0 radical (unpaired) electrons. The molecule has 1 aromatic rings. The molecule has 1 spiro atoms. The van der Waals surface area contributed by atoms with Gasteiger partial charge in [-0.25, -0.2) is 0 Å². The topological polar surface area (TPSA) is 56.9 Å². The van der Waals surface area contributed by atoms with Crippen LogP contribution in [0.4, 0.5) is 0 Å². The number of amides is 1. The highest BCUT2D eigenvalue weighted by Gasteiger charge is 2.42. The number of likely N-dealkylation sites (tertiary alicyclic amines) is 2. The van der Waals surface area contributed by atoms with Crippen molar-refractivity contribution < 1.29 is 14.3 Å². The van der Waals surface area contributed by atoms with Gasteiger partial charge in [-0.05, 0) is 37.9 Å². The van der Waals surface area contributed by atoms with Crippen LogP contribution in [0.25, 0.3) is 0 Å². The van der Waals surface area contributed by atoms with E-state index >= 15 is 0 Å². The van der Waals surface area contributed by atoms with Crippen LogP contribution in [-0.2, 0) is 0 Å². The summed E-state index contributed by atoms with van der Waals surface area (Å²) in [6.45, 7) is 4.62. The van der Waals surface area contributed by atoms with E-state index in [1.165, 1.54) is 6.42 Å². The van der Waals surface area contributed by atoms with E-state index in [1.54, 1.807) is 18.4 Å². The normalized spacial score (nSPS) is 27.4. The van der Waals surface area contributed by atoms with Crippen molar-refractivity contribution in [3.63, 3.8) is 0 Å². The van der Waals surface area contributed by atoms with E-state index in [4.69, 9.17) is 9.52 Å². The Kier molecular flexibility index (Phi) is 3.81. The number of furan rings is 1. The maximum absolute atomic E-state index is 12.4. The SMILES string of the molecule is O=C(c1ccco1)N1CCC[C@@]2(CCN(CCO)C2)C1. The summed E-state index contributed by atoms with van der Waals surface area (Å²) < 4.78 is 5.22. The number of aliphatic hydroxyl groups is 1. The fourth-order valence-electron chi connectivity index (χ4n) is 3.63. The van der Waals surface area contributed by atoms with Gasteiger partial charge in [-0.15, -0.1) is 0 Å². The molecule has 2 fully saturated rings. The van der Waals surface area contributed by atoms with Gasteiger partial charge in [0.25, 0.3) is 5.91 Å². The van der Waals surface area contributed by atoms with Crippen molar-refractivity contribution in [3.05, 3.63) is 24.2 Å². The number of rotatable bonds is 3. The van der Waals surface area contributed by atoms with E-state index in [0.717, 1.165) is 45.6 Å². The number of piperidine rings is 1. The van der Waals surface area contributed by atoms with Crippen molar-refractivity contribution in [3.8, 4) is 0 Å². The first kappa shape index (κ1) is 13.6. The van der Waals surface area contributed by atoms with E-state index in [9.17, 15) is 4.79 Å². The van der Waals surface area contributed by atoms with Gasteiger partial charge in [-0.1, -0.05) is 0 Å². The molecular formula is C15H22N2O3. The van der Waals surface area contributed by atoms with Gasteiger partial charge in [0.05, 0.1) is 12.9 Å². The minimum absolute atomic E-state index is 0.00897. The Morgan fingerprint density at radius 1 is 1.35 bits per heavy atom. The third-order valence-corrected chi connectivity index (χ3v) is 4.61. The molecule has 0 aliphatic carbocycles. The molecule has 0 unspecified atom stereocenters. The second kappa shape index (κ2) is 5.58. The van der Waals surface area contributed by atoms with Crippen molar-refractivity contribution in [2.45, 2.75) is 19.3 Å². The van der Waals surface area contributed by atoms with Crippen LogP contribution >= 0.6 is 0 Å². The van der Waals surface area contributed by atoms with Gasteiger partial charge in [0.1, 0.15) is 0 Å². The second-order valence-electron chi connectivity index (χ2n) is 6.06. The summed E-state index contributed by atoms with van der Waals surface area (Å²) in [4.78, 5) is 16.6. The average Bonchev–Trinajstić information content (AvgIpc) is 3.09. The molecule has 1 aromatic heterocycles. The third-order valence-electron chi connectivity index (χ3n) is 4.61. The van der Waals surface area contributed by atoms with Gasteiger partial charge in [0, 0.05) is 31.6 Å². The molecule has 5 heteroatoms. The molecule has 2 aliphatic heterocycles. The largest absolute Gasteiger partial charge is 0.459 e. The first-order chi connectivity index (χ1) is 9.72. The van der Waals surface area contributed by atoms with Crippen molar-refractivity contribution in [1.82, 2.24) is 9.80 Å². The van der Waals surface area contributed by atoms with Gasteiger partial charge in [0.2, 0.25) is 0 Å². The van der Waals surface area contributed by atoms with Crippen LogP contribution in [0.5, 0.6) is 0 Å². The molecule has 1 atom stereocenters. The third kappa shape index (κ3) is 2.60. The Balaban J connectivity index is 1.66. The molecule has 2 aliphatic rings. The summed E-state index contributed by atoms with van der Waals surface area (Å²) in [6.07, 6.45) is 4.90. The van der Waals surface area contributed by atoms with Gasteiger partial charge in [-0.2, -0.15) is 0 Å². The zero-order valence-electron chi connectivity index (χ0n) is 11.8. The van der Waals surface area contributed by atoms with Gasteiger partial charge >= 0.3 is 0 Å². The quantitative estimate of drug-likeness (QED) is 0.902.